The second-order valence-corrected chi connectivity index (χ2v) is 5.31. The highest BCUT2D eigenvalue weighted by Crippen LogP contribution is 2.32. The van der Waals surface area contributed by atoms with Gasteiger partial charge in [0.15, 0.2) is 0 Å². The number of nitrogens with zero attached hydrogens (tertiary/aromatic N) is 3. The molecule has 17 heavy (non-hydrogen) atoms. The summed E-state index contributed by atoms with van der Waals surface area (Å²) in [5.74, 6) is 0. The molecule has 0 aliphatic carbocycles. The summed E-state index contributed by atoms with van der Waals surface area (Å²) >= 11 is 10.7. The van der Waals surface area contributed by atoms with Gasteiger partial charge in [-0.1, -0.05) is 11.6 Å². The van der Waals surface area contributed by atoms with Gasteiger partial charge in [-0.25, -0.2) is 9.97 Å². The highest BCUT2D eigenvalue weighted by Gasteiger charge is 2.09. The minimum absolute atomic E-state index is 0.365. The molecule has 0 N–H and O–H groups in total. The summed E-state index contributed by atoms with van der Waals surface area (Å²) in [6.45, 7) is 0. The summed E-state index contributed by atoms with van der Waals surface area (Å²) in [7, 11) is 0. The third-order valence-electron chi connectivity index (χ3n) is 1.88. The molecule has 0 atom stereocenters. The minimum Gasteiger partial charge on any atom is -0.248 e. The molecule has 0 bridgehead atoms. The lowest BCUT2D eigenvalue weighted by Gasteiger charge is -2.03. The predicted molar refractivity (Wildman–Crippen MR) is 70.0 cm³/mol. The van der Waals surface area contributed by atoms with Crippen LogP contribution >= 0.6 is 39.3 Å². The van der Waals surface area contributed by atoms with Gasteiger partial charge < -0.3 is 0 Å². The first kappa shape index (κ1) is 12.4. The lowest BCUT2D eigenvalue weighted by molar-refractivity contribution is 1.08. The Bertz CT molecular complexity index is 580. The average Bonchev–Trinajstić information content (AvgIpc) is 2.35. The van der Waals surface area contributed by atoms with E-state index in [9.17, 15) is 0 Å². The Kier molecular flexibility index (Phi) is 4.00. The molecule has 2 rings (SSSR count). The molecule has 0 spiro atoms. The first-order valence-electron chi connectivity index (χ1n) is 4.54. The van der Waals surface area contributed by atoms with Gasteiger partial charge in [0.2, 0.25) is 0 Å². The molecule has 0 aliphatic rings. The van der Waals surface area contributed by atoms with E-state index in [2.05, 4.69) is 25.9 Å². The SMILES string of the molecule is N#Cc1ccnc(Sc2ccc(Br)cn2)c1Cl. The third kappa shape index (κ3) is 2.97. The van der Waals surface area contributed by atoms with Crippen molar-refractivity contribution in [1.29, 1.82) is 5.26 Å². The Hall–Kier alpha value is -1.09. The van der Waals surface area contributed by atoms with Gasteiger partial charge >= 0.3 is 0 Å². The van der Waals surface area contributed by atoms with E-state index in [1.54, 1.807) is 18.5 Å². The van der Waals surface area contributed by atoms with Crippen molar-refractivity contribution in [2.45, 2.75) is 10.1 Å². The summed E-state index contributed by atoms with van der Waals surface area (Å²) in [4.78, 5) is 8.34. The van der Waals surface area contributed by atoms with Gasteiger partial charge in [-0.3, -0.25) is 0 Å². The average molecular weight is 327 g/mol. The molecule has 0 saturated heterocycles. The summed E-state index contributed by atoms with van der Waals surface area (Å²) < 4.78 is 0.909. The zero-order valence-electron chi connectivity index (χ0n) is 8.39. The van der Waals surface area contributed by atoms with Gasteiger partial charge in [-0.05, 0) is 45.9 Å². The minimum atomic E-state index is 0.365. The second kappa shape index (κ2) is 5.50. The number of nitriles is 1. The van der Waals surface area contributed by atoms with Crippen LogP contribution in [0.2, 0.25) is 5.02 Å². The molecule has 2 heterocycles. The van der Waals surface area contributed by atoms with Crippen molar-refractivity contribution >= 4 is 39.3 Å². The molecule has 84 valence electrons. The van der Waals surface area contributed by atoms with Crippen molar-refractivity contribution in [3.8, 4) is 6.07 Å². The Morgan fingerprint density at radius 2 is 2.12 bits per heavy atom. The summed E-state index contributed by atoms with van der Waals surface area (Å²) in [6.07, 6.45) is 3.26. The van der Waals surface area contributed by atoms with E-state index in [-0.39, 0.29) is 0 Å². The third-order valence-corrected chi connectivity index (χ3v) is 3.80. The van der Waals surface area contributed by atoms with Crippen LogP contribution in [0.3, 0.4) is 0 Å². The van der Waals surface area contributed by atoms with E-state index >= 15 is 0 Å². The van der Waals surface area contributed by atoms with Crippen molar-refractivity contribution < 1.29 is 0 Å². The highest BCUT2D eigenvalue weighted by molar-refractivity contribution is 9.10. The Balaban J connectivity index is 2.31. The molecule has 6 heteroatoms. The Morgan fingerprint density at radius 3 is 2.76 bits per heavy atom. The maximum absolute atomic E-state index is 8.85. The molecule has 0 fully saturated rings. The maximum Gasteiger partial charge on any atom is 0.122 e. The van der Waals surface area contributed by atoms with Gasteiger partial charge in [0.05, 0.1) is 10.6 Å². The van der Waals surface area contributed by atoms with Crippen molar-refractivity contribution in [3.63, 3.8) is 0 Å². The lowest BCUT2D eigenvalue weighted by atomic mass is 10.3. The number of aromatic nitrogens is 2. The molecule has 0 saturated carbocycles. The molecule has 2 aromatic rings. The van der Waals surface area contributed by atoms with Crippen molar-refractivity contribution in [2.75, 3.05) is 0 Å². The van der Waals surface area contributed by atoms with E-state index < -0.39 is 0 Å². The van der Waals surface area contributed by atoms with Crippen LogP contribution in [-0.4, -0.2) is 9.97 Å². The smallest absolute Gasteiger partial charge is 0.122 e. The van der Waals surface area contributed by atoms with E-state index in [0.29, 0.717) is 15.6 Å². The van der Waals surface area contributed by atoms with Gasteiger partial charge in [0, 0.05) is 16.9 Å². The fraction of sp³-hybridized carbons (Fsp3) is 0. The second-order valence-electron chi connectivity index (χ2n) is 3.01. The summed E-state index contributed by atoms with van der Waals surface area (Å²) in [6, 6.07) is 7.34. The van der Waals surface area contributed by atoms with Crippen LogP contribution in [0.1, 0.15) is 5.56 Å². The first-order valence-corrected chi connectivity index (χ1v) is 6.53. The van der Waals surface area contributed by atoms with Crippen LogP contribution in [-0.2, 0) is 0 Å². The highest BCUT2D eigenvalue weighted by atomic mass is 79.9. The van der Waals surface area contributed by atoms with Gasteiger partial charge in [0.25, 0.3) is 0 Å². The normalized spacial score (nSPS) is 9.94. The van der Waals surface area contributed by atoms with Gasteiger partial charge in [-0.15, -0.1) is 0 Å². The fourth-order valence-corrected chi connectivity index (χ4v) is 2.36. The molecular weight excluding hydrogens is 322 g/mol. The Labute approximate surface area is 116 Å². The van der Waals surface area contributed by atoms with Crippen LogP contribution in [0.25, 0.3) is 0 Å². The largest absolute Gasteiger partial charge is 0.248 e. The molecule has 0 aromatic carbocycles. The zero-order chi connectivity index (χ0) is 12.3. The Morgan fingerprint density at radius 1 is 1.29 bits per heavy atom. The van der Waals surface area contributed by atoms with Crippen LogP contribution in [0.4, 0.5) is 0 Å². The lowest BCUT2D eigenvalue weighted by Crippen LogP contribution is -1.87. The van der Waals surface area contributed by atoms with Gasteiger partial charge in [0.1, 0.15) is 16.1 Å². The molecule has 3 nitrogen and oxygen atoms in total. The van der Waals surface area contributed by atoms with E-state index in [1.165, 1.54) is 11.8 Å². The van der Waals surface area contributed by atoms with E-state index in [1.807, 2.05) is 18.2 Å². The molecule has 0 radical (unpaired) electrons. The zero-order valence-corrected chi connectivity index (χ0v) is 11.6. The quantitative estimate of drug-likeness (QED) is 0.839. The standard InChI is InChI=1S/C11H5BrClN3S/c12-8-1-2-9(16-6-8)17-11-10(13)7(5-14)3-4-15-11/h1-4,6H. The van der Waals surface area contributed by atoms with E-state index in [4.69, 9.17) is 16.9 Å². The predicted octanol–water partition coefficient (Wildman–Crippen LogP) is 3.92. The molecule has 0 aliphatic heterocycles. The van der Waals surface area contributed by atoms with Crippen molar-refractivity contribution in [1.82, 2.24) is 9.97 Å². The number of rotatable bonds is 2. The van der Waals surface area contributed by atoms with Gasteiger partial charge in [-0.2, -0.15) is 5.26 Å². The van der Waals surface area contributed by atoms with Crippen LogP contribution in [0.15, 0.2) is 45.1 Å². The molecule has 0 amide bonds. The van der Waals surface area contributed by atoms with E-state index in [0.717, 1.165) is 9.50 Å². The summed E-state index contributed by atoms with van der Waals surface area (Å²) in [5.41, 5.74) is 0.418. The van der Waals surface area contributed by atoms with Crippen molar-refractivity contribution in [3.05, 3.63) is 45.7 Å². The monoisotopic (exact) mass is 325 g/mol. The fourth-order valence-electron chi connectivity index (χ4n) is 1.10. The maximum atomic E-state index is 8.85. The molecule has 0 unspecified atom stereocenters. The van der Waals surface area contributed by atoms with Crippen LogP contribution < -0.4 is 0 Å². The number of hydrogen-bond donors (Lipinski definition) is 0. The number of pyridine rings is 2. The number of hydrogen-bond acceptors (Lipinski definition) is 4. The molecule has 2 aromatic heterocycles. The topological polar surface area (TPSA) is 49.6 Å². The van der Waals surface area contributed by atoms with Crippen molar-refractivity contribution in [2.24, 2.45) is 0 Å². The molecular formula is C11H5BrClN3S. The summed E-state index contributed by atoms with van der Waals surface area (Å²) in [5, 5.41) is 10.6. The number of halogens is 2. The van der Waals surface area contributed by atoms with Crippen LogP contribution in [0.5, 0.6) is 0 Å². The van der Waals surface area contributed by atoms with Crippen LogP contribution in [0, 0.1) is 11.3 Å². The first-order chi connectivity index (χ1) is 8.20.